The molecule has 1 aliphatic rings. The summed E-state index contributed by atoms with van der Waals surface area (Å²) in [5.74, 6) is -14.0. The van der Waals surface area contributed by atoms with Crippen LogP contribution in [0.25, 0.3) is 21.8 Å². The summed E-state index contributed by atoms with van der Waals surface area (Å²) in [6.45, 7) is 4.30. The third-order valence-corrected chi connectivity index (χ3v) is 27.2. The summed E-state index contributed by atoms with van der Waals surface area (Å²) in [5, 5.41) is 90.4. The highest BCUT2D eigenvalue weighted by atomic mass is 32.3. The number of benzene rings is 4. The summed E-state index contributed by atoms with van der Waals surface area (Å²) in [7, 11) is -19.1. The lowest BCUT2D eigenvalue weighted by molar-refractivity contribution is -0.585. The fraction of sp³-hybridized carbons (Fsp3) is 0.464. The van der Waals surface area contributed by atoms with E-state index in [0.29, 0.717) is 45.3 Å². The molecule has 1 fully saturated rings. The number of carboxylic acids is 3. The molecule has 54 heteroatoms. The van der Waals surface area contributed by atoms with Gasteiger partial charge in [-0.2, -0.15) is 17.9 Å². The maximum atomic E-state index is 15.0. The lowest BCUT2D eigenvalue weighted by atomic mass is 10.1. The zero-order chi connectivity index (χ0) is 101. The van der Waals surface area contributed by atoms with Gasteiger partial charge in [0.2, 0.25) is 54.5 Å². The number of hydrogen-bond donors (Lipinski definition) is 23. The number of aryl methyl sites for hydroxylation is 8. The van der Waals surface area contributed by atoms with E-state index in [-0.39, 0.29) is 147 Å². The third kappa shape index (κ3) is 33.0. The highest BCUT2D eigenvalue weighted by Crippen LogP contribution is 2.33. The number of aliphatic hydroxyl groups excluding tert-OH is 2. The Morgan fingerprint density at radius 1 is 0.500 bits per heavy atom. The van der Waals surface area contributed by atoms with Gasteiger partial charge in [-0.3, -0.25) is 82.2 Å². The average Bonchev–Trinajstić information content (AvgIpc) is 0.842. The van der Waals surface area contributed by atoms with Crippen LogP contribution in [0.3, 0.4) is 0 Å². The molecule has 754 valence electrons. The largest absolute Gasteiger partial charge is 0.480 e. The van der Waals surface area contributed by atoms with Gasteiger partial charge in [-0.15, -0.1) is 0 Å². The van der Waals surface area contributed by atoms with Crippen LogP contribution in [0, 0.1) is 46.4 Å². The summed E-state index contributed by atoms with van der Waals surface area (Å²) < 4.78 is 129. The van der Waals surface area contributed by atoms with Crippen LogP contribution >= 0.6 is 10.9 Å². The maximum Gasteiger partial charge on any atom is 0.323 e. The van der Waals surface area contributed by atoms with Crippen molar-refractivity contribution in [3.8, 4) is 0 Å². The number of aromatic nitrogens is 6. The van der Waals surface area contributed by atoms with Gasteiger partial charge in [0.1, 0.15) is 35.3 Å². The second-order valence-electron chi connectivity index (χ2n) is 33.3. The number of imidazole rings is 2. The van der Waals surface area contributed by atoms with Crippen molar-refractivity contribution in [3.05, 3.63) is 179 Å². The number of carboxylic acid groups (broad SMARTS) is 3. The van der Waals surface area contributed by atoms with Crippen molar-refractivity contribution in [1.82, 2.24) is 90.0 Å². The molecule has 0 saturated carbocycles. The Hall–Kier alpha value is -12.2. The summed E-state index contributed by atoms with van der Waals surface area (Å²) in [6, 6.07) is 7.27. The molecular weight excluding hydrogens is 1900 g/mol. The molecule has 0 unspecified atom stereocenters. The van der Waals surface area contributed by atoms with Crippen LogP contribution in [0.5, 0.6) is 0 Å². The van der Waals surface area contributed by atoms with E-state index in [9.17, 15) is 137 Å². The molecule has 23 N–H and O–H groups in total. The van der Waals surface area contributed by atoms with Crippen LogP contribution in [-0.2, 0) is 89.9 Å². The van der Waals surface area contributed by atoms with Gasteiger partial charge in [-0.05, 0) is 112 Å². The minimum atomic E-state index is -5.31. The van der Waals surface area contributed by atoms with Gasteiger partial charge in [-0.25, -0.2) is 26.8 Å². The second kappa shape index (κ2) is 49.4. The minimum absolute atomic E-state index is 0.00338. The number of nitrogens with zero attached hydrogens (tertiary/aromatic N) is 9. The van der Waals surface area contributed by atoms with Crippen LogP contribution in [0.15, 0.2) is 117 Å². The SMILES string of the molecule is Cc1cc(C)c(S(=O)(=O)N[C@@H](CNC(=O)c2cn(CCCNC(=O)[C@H](CS(O)(O)O)NC(=O)CC[C@H](NC(=O)CN3CCN(CC(=O)O)CCN(CC(O)O)CCN(CC(O)O)CC3)C(=O)N[C@@H](CS(=O)(=O)O)[N+](=O)CCCn3cc(C(=O)NC[C@H](NS(=O)(=O)c4c(C)cc(C)cc4C)C(=O)O)c(=O)c4ccc(CNc5ncc[nH]5)cc43)c3cc(CNc4ncc[nH]4)ccc3c2=O)C(=O)O)c(C)c1. The third-order valence-electron chi connectivity index (χ3n) is 22.1. The quantitative estimate of drug-likeness (QED) is 0.00830. The number of rotatable bonds is 49. The number of pyridine rings is 2. The van der Waals surface area contributed by atoms with E-state index in [0.717, 1.165) is 23.5 Å². The number of sulfonamides is 2. The molecule has 1 saturated heterocycles. The number of fused-ring (bicyclic) bond motifs is 2. The number of aromatic amines is 2. The number of amides is 6. The first kappa shape index (κ1) is 109. The maximum absolute atomic E-state index is 15.0. The number of carbonyl (C=O) groups excluding carboxylic acids is 6. The molecule has 5 heterocycles. The fourth-order valence-electron chi connectivity index (χ4n) is 15.9. The summed E-state index contributed by atoms with van der Waals surface area (Å²) >= 11 is 0. The molecule has 9 rings (SSSR count). The van der Waals surface area contributed by atoms with Crippen molar-refractivity contribution in [1.29, 1.82) is 0 Å². The number of aliphatic carboxylic acids is 3. The summed E-state index contributed by atoms with van der Waals surface area (Å²) in [6.07, 6.45) is -0.0357. The van der Waals surface area contributed by atoms with Gasteiger partial charge < -0.3 is 106 Å². The normalized spacial score (nSPS) is 15.0. The fourth-order valence-corrected chi connectivity index (χ4v) is 20.5. The number of H-pyrrole nitrogens is 2. The summed E-state index contributed by atoms with van der Waals surface area (Å²) in [5.41, 5.74) is 1.20. The van der Waals surface area contributed by atoms with E-state index in [2.05, 4.69) is 71.9 Å². The number of hydrogen-bond acceptors (Lipinski definition) is 33. The van der Waals surface area contributed by atoms with E-state index >= 15 is 0 Å². The van der Waals surface area contributed by atoms with Crippen LogP contribution < -0.4 is 62.8 Å². The Balaban J connectivity index is 0.964. The Kier molecular flexibility index (Phi) is 39.2. The van der Waals surface area contributed by atoms with Gasteiger partial charge in [0.25, 0.3) is 28.1 Å². The molecule has 0 spiro atoms. The van der Waals surface area contributed by atoms with Crippen LogP contribution in [0.1, 0.15) is 90.9 Å². The number of β-amino-alcohol motifs (C(OH)–C–C–N with tert-alkyl or cyclic N) is 4. The Bertz CT molecular complexity index is 6180. The molecule has 138 heavy (non-hydrogen) atoms. The van der Waals surface area contributed by atoms with Crippen molar-refractivity contribution in [2.75, 3.05) is 127 Å². The zero-order valence-corrected chi connectivity index (χ0v) is 79.4. The minimum Gasteiger partial charge on any atom is -0.480 e. The van der Waals surface area contributed by atoms with Crippen LogP contribution in [-0.4, -0.2) is 345 Å². The Morgan fingerprint density at radius 2 is 0.920 bits per heavy atom. The lowest BCUT2D eigenvalue weighted by Gasteiger charge is -2.34. The molecular formula is C84H116N21O29S4+. The second-order valence-corrected chi connectivity index (χ2v) is 39.7. The number of nitrogens with one attached hydrogen (secondary N) is 12. The van der Waals surface area contributed by atoms with E-state index in [1.54, 1.807) is 72.4 Å². The molecule has 4 aromatic carbocycles. The molecule has 8 aromatic rings. The van der Waals surface area contributed by atoms with E-state index in [1.807, 2.05) is 0 Å². The van der Waals surface area contributed by atoms with Crippen molar-refractivity contribution in [2.24, 2.45) is 0 Å². The van der Waals surface area contributed by atoms with Gasteiger partial charge in [0, 0.05) is 182 Å². The molecule has 50 nitrogen and oxygen atoms in total. The average molecular weight is 2010 g/mol. The molecule has 4 aromatic heterocycles. The number of aliphatic hydroxyl groups is 4. The molecule has 6 amide bonds. The topological polar surface area (TPSA) is 733 Å². The Labute approximate surface area is 792 Å². The van der Waals surface area contributed by atoms with Crippen molar-refractivity contribution in [3.63, 3.8) is 0 Å². The monoisotopic (exact) mass is 2010 g/mol. The van der Waals surface area contributed by atoms with Gasteiger partial charge in [-0.1, -0.05) is 47.5 Å². The van der Waals surface area contributed by atoms with Crippen molar-refractivity contribution in [2.45, 2.75) is 146 Å². The Morgan fingerprint density at radius 3 is 1.32 bits per heavy atom. The standard InChI is InChI=1S/C84H115N21O29S4/c1-49-31-51(3)75(52(4)32-49)137(131,132)97-62(81(120)121)39-90-77(116)59-41-103(65-35-55(9-11-57(65)73(59)114)37-92-83-86-16-17-87-83)20-7-15-85-79(118)64(47-135(125,126)127)95-68(106)14-13-61(94-69(107)43-99-23-25-100(44-70(108)109)27-29-102(46-72(112)113)30-28-101(26-24-99)45-71(110)111)80(119)96-67(48-136(128,129)130)105(124)22-8-21-104-42-60(74(115)58-12-10-56(36-66(58)104)38-93-84-88-18-19-89-84)78(117)91-40-63(82(122)123)98-138(133,134)76-53(5)33-50(2)34-54(76)6/h9-12,16-19,31-36,41-42,61-64,67,70,72,97-98,108-109,112-113H,7-8,13-15,20-30,37-40,43-48H2,1-6H3,(H16-,85,86,87,88,89,90,91,92,93,94,95,96,106,107,110,111,116,117,118,119,120,121,122,123,125,126,127,128,129,130)/p+1/t61-,62-,63-,64-,67+/m0/s1. The number of anilines is 2. The van der Waals surface area contributed by atoms with Crippen molar-refractivity contribution >= 4 is 128 Å². The molecule has 5 atom stereocenters. The first-order chi connectivity index (χ1) is 64.9. The predicted octanol–water partition coefficient (Wildman–Crippen LogP) is -2.23. The van der Waals surface area contributed by atoms with Gasteiger partial charge >= 0.3 is 17.9 Å². The molecule has 0 radical (unpaired) electrons. The number of nitroso groups, excluding NO2 is 1. The highest BCUT2D eigenvalue weighted by molar-refractivity contribution is 8.19. The molecule has 0 aliphatic carbocycles. The summed E-state index contributed by atoms with van der Waals surface area (Å²) in [4.78, 5) is 187. The molecule has 0 bridgehead atoms. The zero-order valence-electron chi connectivity index (χ0n) is 76.1. The smallest absolute Gasteiger partial charge is 0.323 e. The first-order valence-electron chi connectivity index (χ1n) is 43.3. The van der Waals surface area contributed by atoms with Gasteiger partial charge in [0.15, 0.2) is 36.8 Å². The van der Waals surface area contributed by atoms with E-state index in [1.165, 1.54) is 83.3 Å². The number of carbonyl (C=O) groups is 9. The van der Waals surface area contributed by atoms with E-state index in [4.69, 9.17) is 0 Å². The highest BCUT2D eigenvalue weighted by Gasteiger charge is 2.38. The van der Waals surface area contributed by atoms with E-state index < -0.39 is 216 Å². The van der Waals surface area contributed by atoms with Gasteiger partial charge in [0.05, 0.1) is 50.5 Å². The van der Waals surface area contributed by atoms with Crippen molar-refractivity contribution < 1.29 is 127 Å². The first-order valence-corrected chi connectivity index (χ1v) is 49.5. The molecule has 1 aliphatic heterocycles. The lowest BCUT2D eigenvalue weighted by Crippen LogP contribution is -2.56. The van der Waals surface area contributed by atoms with Crippen LogP contribution in [0.4, 0.5) is 11.9 Å². The van der Waals surface area contributed by atoms with Crippen LogP contribution in [0.2, 0.25) is 0 Å². The predicted molar refractivity (Wildman–Crippen MR) is 500 cm³/mol.